The van der Waals surface area contributed by atoms with Crippen molar-refractivity contribution in [3.8, 4) is 11.1 Å². The maximum atomic E-state index is 13.7. The van der Waals surface area contributed by atoms with Crippen molar-refractivity contribution >= 4 is 23.7 Å². The molecule has 2 atom stereocenters. The number of carbonyl (C=O) groups excluding carboxylic acids is 2. The third-order valence-corrected chi connectivity index (χ3v) is 8.67. The number of hydrogen-bond acceptors (Lipinski definition) is 4. The van der Waals surface area contributed by atoms with Gasteiger partial charge in [-0.1, -0.05) is 153 Å². The fourth-order valence-electron chi connectivity index (χ4n) is 6.21. The van der Waals surface area contributed by atoms with Crippen LogP contribution in [0.25, 0.3) is 11.1 Å². The van der Waals surface area contributed by atoms with Crippen LogP contribution in [0.5, 0.6) is 0 Å². The maximum absolute atomic E-state index is 13.7. The Balaban J connectivity index is 0.00000250. The summed E-state index contributed by atoms with van der Waals surface area (Å²) in [6.07, 6.45) is -0.661. The summed E-state index contributed by atoms with van der Waals surface area (Å²) in [5.41, 5.74) is 6.52. The molecular weight excluding hydrogens is 606 g/mol. The molecule has 6 heteroatoms. The van der Waals surface area contributed by atoms with E-state index in [2.05, 4.69) is 29.6 Å². The van der Waals surface area contributed by atoms with Crippen LogP contribution >= 0.6 is 11.6 Å². The second-order valence-corrected chi connectivity index (χ2v) is 11.8. The summed E-state index contributed by atoms with van der Waals surface area (Å²) in [4.78, 5) is 26.7. The molecule has 0 aliphatic heterocycles. The molecule has 5 nitrogen and oxygen atoms in total. The van der Waals surface area contributed by atoms with Crippen molar-refractivity contribution in [3.05, 3.63) is 166 Å². The summed E-state index contributed by atoms with van der Waals surface area (Å²) in [6.45, 7) is 3.95. The molecule has 5 aromatic rings. The molecule has 0 saturated heterocycles. The second kappa shape index (κ2) is 15.1. The highest BCUT2D eigenvalue weighted by atomic mass is 35.5. The van der Waals surface area contributed by atoms with Crippen molar-refractivity contribution in [2.75, 3.05) is 6.61 Å². The van der Waals surface area contributed by atoms with Gasteiger partial charge in [-0.25, -0.2) is 4.79 Å². The normalized spacial score (nSPS) is 13.4. The van der Waals surface area contributed by atoms with Crippen molar-refractivity contribution in [2.24, 2.45) is 0 Å². The summed E-state index contributed by atoms with van der Waals surface area (Å²) in [5.74, 6) is -0.550. The largest absolute Gasteiger partial charge is 0.449 e. The van der Waals surface area contributed by atoms with E-state index in [0.29, 0.717) is 10.6 Å². The minimum absolute atomic E-state index is 0. The van der Waals surface area contributed by atoms with Crippen LogP contribution in [0.3, 0.4) is 0 Å². The number of amides is 1. The highest BCUT2D eigenvalue weighted by molar-refractivity contribution is 6.31. The Bertz CT molecular complexity index is 1780. The zero-order valence-electron chi connectivity index (χ0n) is 25.2. The van der Waals surface area contributed by atoms with Gasteiger partial charge in [0.1, 0.15) is 6.61 Å². The zero-order valence-corrected chi connectivity index (χ0v) is 26.0. The number of fused-ring (bicyclic) bond motifs is 3. The van der Waals surface area contributed by atoms with Gasteiger partial charge in [-0.3, -0.25) is 4.79 Å². The summed E-state index contributed by atoms with van der Waals surface area (Å²) in [7, 11) is 0. The van der Waals surface area contributed by atoms with Crippen LogP contribution in [-0.4, -0.2) is 24.7 Å². The molecule has 1 amide bonds. The molecule has 0 fully saturated rings. The topological polar surface area (TPSA) is 64.6 Å². The molecule has 0 radical (unpaired) electrons. The van der Waals surface area contributed by atoms with Gasteiger partial charge in [-0.2, -0.15) is 0 Å². The van der Waals surface area contributed by atoms with Gasteiger partial charge < -0.3 is 14.8 Å². The molecule has 0 heterocycles. The van der Waals surface area contributed by atoms with E-state index in [-0.39, 0.29) is 33.8 Å². The smallest absolute Gasteiger partial charge is 0.407 e. The average molecular weight is 648 g/mol. The number of benzene rings is 5. The molecule has 242 valence electrons. The van der Waals surface area contributed by atoms with E-state index in [9.17, 15) is 9.59 Å². The first-order chi connectivity index (χ1) is 21.9. The number of halogens is 1. The summed E-state index contributed by atoms with van der Waals surface area (Å²) >= 11 is 6.78. The third kappa shape index (κ3) is 7.11. The van der Waals surface area contributed by atoms with E-state index in [1.807, 2.05) is 104 Å². The Morgan fingerprint density at radius 2 is 1.28 bits per heavy atom. The summed E-state index contributed by atoms with van der Waals surface area (Å²) in [6, 6.07) is 40.7. The van der Waals surface area contributed by atoms with Crippen LogP contribution in [0.1, 0.15) is 67.5 Å². The number of carbonyl (C=O) groups is 2. The number of alkyl carbamates (subject to hydrolysis) is 1. The quantitative estimate of drug-likeness (QED) is 0.128. The Kier molecular flexibility index (Phi) is 11.3. The van der Waals surface area contributed by atoms with Crippen LogP contribution < -0.4 is 5.32 Å². The van der Waals surface area contributed by atoms with Gasteiger partial charge >= 0.3 is 12.1 Å². The molecule has 0 saturated carbocycles. The number of esters is 1. The number of rotatable bonds is 9. The lowest BCUT2D eigenvalue weighted by Crippen LogP contribution is -2.39. The molecule has 1 N–H and O–H groups in total. The van der Waals surface area contributed by atoms with Gasteiger partial charge in [0.2, 0.25) is 0 Å². The van der Waals surface area contributed by atoms with Crippen LogP contribution in [0, 0.1) is 6.92 Å². The van der Waals surface area contributed by atoms with Crippen LogP contribution in [0.15, 0.2) is 127 Å². The van der Waals surface area contributed by atoms with E-state index >= 15 is 0 Å². The zero-order chi connectivity index (χ0) is 31.4. The maximum Gasteiger partial charge on any atom is 0.407 e. The van der Waals surface area contributed by atoms with Gasteiger partial charge in [0.25, 0.3) is 0 Å². The average Bonchev–Trinajstić information content (AvgIpc) is 3.37. The highest BCUT2D eigenvalue weighted by Crippen LogP contribution is 2.45. The molecule has 0 spiro atoms. The lowest BCUT2D eigenvalue weighted by atomic mass is 9.79. The second-order valence-electron chi connectivity index (χ2n) is 11.4. The Morgan fingerprint density at radius 3 is 1.89 bits per heavy atom. The fraction of sp³-hybridized carbons (Fsp3) is 0.220. The Morgan fingerprint density at radius 1 is 0.745 bits per heavy atom. The number of ether oxygens (including phenoxy) is 2. The monoisotopic (exact) mass is 647 g/mol. The Labute approximate surface area is 283 Å². The SMILES string of the molecule is C.C.Cc1ccc(C(OC(=O)C[C@H](C)NC(=O)OCC2c3ccccc3-c3ccccc32)(c2ccccc2)c2ccccc2Cl)cc1. The Hall–Kier alpha value is -4.87. The standard InChI is InChI=1S/C39H34ClNO4.2CH4/c1-26-20-22-29(23-21-26)39(28-12-4-3-5-13-28,35-18-10-11-19-36(35)40)45-37(42)24-27(2)41-38(43)44-25-34-32-16-8-6-14-30(32)31-15-7-9-17-33(31)34;;/h3-23,27,34H,24-25H2,1-2H3,(H,41,43);2*1H4/t27-,39?;;/m0../s1. The van der Waals surface area contributed by atoms with Gasteiger partial charge in [0, 0.05) is 33.7 Å². The van der Waals surface area contributed by atoms with Crippen molar-refractivity contribution in [1.82, 2.24) is 5.32 Å². The lowest BCUT2D eigenvalue weighted by Gasteiger charge is -2.36. The lowest BCUT2D eigenvalue weighted by molar-refractivity contribution is -0.154. The molecule has 1 aliphatic carbocycles. The van der Waals surface area contributed by atoms with E-state index in [0.717, 1.165) is 38.9 Å². The van der Waals surface area contributed by atoms with Crippen LogP contribution in [-0.2, 0) is 19.9 Å². The number of nitrogens with one attached hydrogen (secondary N) is 1. The third-order valence-electron chi connectivity index (χ3n) is 8.34. The summed E-state index contributed by atoms with van der Waals surface area (Å²) < 4.78 is 12.2. The van der Waals surface area contributed by atoms with E-state index < -0.39 is 23.7 Å². The predicted octanol–water partition coefficient (Wildman–Crippen LogP) is 10.1. The number of aryl methyl sites for hydroxylation is 1. The van der Waals surface area contributed by atoms with Gasteiger partial charge in [0.15, 0.2) is 5.60 Å². The van der Waals surface area contributed by atoms with E-state index in [1.165, 1.54) is 0 Å². The van der Waals surface area contributed by atoms with Gasteiger partial charge in [-0.05, 0) is 42.2 Å². The molecule has 1 unspecified atom stereocenters. The van der Waals surface area contributed by atoms with Crippen LogP contribution in [0.4, 0.5) is 4.79 Å². The van der Waals surface area contributed by atoms with Crippen molar-refractivity contribution in [3.63, 3.8) is 0 Å². The molecule has 0 bridgehead atoms. The van der Waals surface area contributed by atoms with Crippen molar-refractivity contribution < 1.29 is 19.1 Å². The molecule has 6 rings (SSSR count). The summed E-state index contributed by atoms with van der Waals surface area (Å²) in [5, 5.41) is 3.29. The first-order valence-corrected chi connectivity index (χ1v) is 15.5. The molecular formula is C41H42ClNO4. The minimum atomic E-state index is -1.31. The van der Waals surface area contributed by atoms with Crippen molar-refractivity contribution in [1.29, 1.82) is 0 Å². The highest BCUT2D eigenvalue weighted by Gasteiger charge is 2.42. The van der Waals surface area contributed by atoms with Gasteiger partial charge in [0.05, 0.1) is 6.42 Å². The van der Waals surface area contributed by atoms with Crippen LogP contribution in [0.2, 0.25) is 5.02 Å². The molecule has 1 aliphatic rings. The minimum Gasteiger partial charge on any atom is -0.449 e. The van der Waals surface area contributed by atoms with Gasteiger partial charge in [-0.15, -0.1) is 0 Å². The molecule has 5 aromatic carbocycles. The number of hydrogen-bond donors (Lipinski definition) is 1. The molecule has 47 heavy (non-hydrogen) atoms. The predicted molar refractivity (Wildman–Crippen MR) is 191 cm³/mol. The van der Waals surface area contributed by atoms with E-state index in [4.69, 9.17) is 21.1 Å². The van der Waals surface area contributed by atoms with Crippen molar-refractivity contribution in [2.45, 2.75) is 52.7 Å². The first-order valence-electron chi connectivity index (χ1n) is 15.1. The molecule has 0 aromatic heterocycles. The first kappa shape index (κ1) is 35.0. The fourth-order valence-corrected chi connectivity index (χ4v) is 6.48. The van der Waals surface area contributed by atoms with E-state index in [1.54, 1.807) is 13.0 Å².